The van der Waals surface area contributed by atoms with E-state index in [1.54, 1.807) is 0 Å². The first-order chi connectivity index (χ1) is 11.3. The molecule has 4 fully saturated rings. The number of hydrogen-bond donors (Lipinski definition) is 0. The minimum atomic E-state index is -1.28. The highest BCUT2D eigenvalue weighted by Gasteiger charge is 2.56. The Bertz CT molecular complexity index is 544. The zero-order chi connectivity index (χ0) is 17.1. The van der Waals surface area contributed by atoms with Crippen molar-refractivity contribution in [1.82, 2.24) is 0 Å². The SMILES string of the molecule is C[C@H]1OC2(CC[C@H]([C@H]3[C@@H]4CC[C@@H](C4)[C@H]3C#C[Si](C)(C)C)C2)O[C@@H]1C. The van der Waals surface area contributed by atoms with Crippen LogP contribution in [0.5, 0.6) is 0 Å². The summed E-state index contributed by atoms with van der Waals surface area (Å²) in [6.45, 7) is 11.4. The fraction of sp³-hybridized carbons (Fsp3) is 0.905. The van der Waals surface area contributed by atoms with Crippen LogP contribution in [-0.2, 0) is 9.47 Å². The minimum absolute atomic E-state index is 0.242. The lowest BCUT2D eigenvalue weighted by molar-refractivity contribution is -0.170. The van der Waals surface area contributed by atoms with E-state index in [4.69, 9.17) is 9.47 Å². The summed E-state index contributed by atoms with van der Waals surface area (Å²) in [5.74, 6) is 7.58. The van der Waals surface area contributed by atoms with Crippen LogP contribution in [0.1, 0.15) is 52.4 Å². The van der Waals surface area contributed by atoms with Crippen molar-refractivity contribution >= 4 is 8.07 Å². The van der Waals surface area contributed by atoms with Gasteiger partial charge in [-0.3, -0.25) is 0 Å². The normalized spacial score (nSPS) is 46.5. The number of rotatable bonds is 1. The maximum absolute atomic E-state index is 6.29. The Kier molecular flexibility index (Phi) is 4.18. The molecule has 24 heavy (non-hydrogen) atoms. The quantitative estimate of drug-likeness (QED) is 0.499. The van der Waals surface area contributed by atoms with Crippen molar-refractivity contribution in [1.29, 1.82) is 0 Å². The van der Waals surface area contributed by atoms with E-state index in [9.17, 15) is 0 Å². The van der Waals surface area contributed by atoms with Gasteiger partial charge in [0.05, 0.1) is 12.2 Å². The van der Waals surface area contributed by atoms with Crippen molar-refractivity contribution in [3.63, 3.8) is 0 Å². The van der Waals surface area contributed by atoms with Gasteiger partial charge in [-0.25, -0.2) is 0 Å². The third kappa shape index (κ3) is 3.00. The van der Waals surface area contributed by atoms with Gasteiger partial charge >= 0.3 is 0 Å². The highest BCUT2D eigenvalue weighted by Crippen LogP contribution is 2.59. The van der Waals surface area contributed by atoms with Crippen LogP contribution in [0.4, 0.5) is 0 Å². The molecule has 2 bridgehead atoms. The first kappa shape index (κ1) is 17.1. The second kappa shape index (κ2) is 5.86. The molecule has 1 heterocycles. The van der Waals surface area contributed by atoms with Crippen LogP contribution in [0, 0.1) is 41.1 Å². The van der Waals surface area contributed by atoms with Gasteiger partial charge in [0.15, 0.2) is 5.79 Å². The molecule has 0 aromatic carbocycles. The van der Waals surface area contributed by atoms with Crippen LogP contribution in [0.3, 0.4) is 0 Å². The summed E-state index contributed by atoms with van der Waals surface area (Å²) >= 11 is 0. The molecule has 1 spiro atoms. The Morgan fingerprint density at radius 2 is 1.58 bits per heavy atom. The van der Waals surface area contributed by atoms with Crippen molar-refractivity contribution in [3.05, 3.63) is 0 Å². The molecule has 134 valence electrons. The summed E-state index contributed by atoms with van der Waals surface area (Å²) < 4.78 is 12.6. The molecule has 0 unspecified atom stereocenters. The molecule has 3 saturated carbocycles. The van der Waals surface area contributed by atoms with E-state index in [1.807, 2.05) is 0 Å². The van der Waals surface area contributed by atoms with Crippen molar-refractivity contribution in [3.8, 4) is 11.5 Å². The first-order valence-electron chi connectivity index (χ1n) is 10.1. The lowest BCUT2D eigenvalue weighted by Crippen LogP contribution is -2.32. The summed E-state index contributed by atoms with van der Waals surface area (Å²) in [6, 6.07) is 0. The topological polar surface area (TPSA) is 18.5 Å². The van der Waals surface area contributed by atoms with Gasteiger partial charge in [-0.15, -0.1) is 11.5 Å². The van der Waals surface area contributed by atoms with Crippen molar-refractivity contribution in [2.45, 2.75) is 90.0 Å². The number of ether oxygens (including phenoxy) is 2. The van der Waals surface area contributed by atoms with Gasteiger partial charge in [0.2, 0.25) is 0 Å². The van der Waals surface area contributed by atoms with E-state index < -0.39 is 8.07 Å². The molecule has 0 radical (unpaired) electrons. The van der Waals surface area contributed by atoms with E-state index in [0.717, 1.165) is 36.5 Å². The molecular weight excluding hydrogens is 312 g/mol. The van der Waals surface area contributed by atoms with Crippen molar-refractivity contribution < 1.29 is 9.47 Å². The molecule has 4 rings (SSSR count). The van der Waals surface area contributed by atoms with Gasteiger partial charge in [-0.2, -0.15) is 0 Å². The highest BCUT2D eigenvalue weighted by molar-refractivity contribution is 6.83. The largest absolute Gasteiger partial charge is 0.344 e. The van der Waals surface area contributed by atoms with E-state index in [-0.39, 0.29) is 18.0 Å². The summed E-state index contributed by atoms with van der Waals surface area (Å²) in [6.07, 6.45) is 8.27. The fourth-order valence-electron chi connectivity index (χ4n) is 5.98. The molecule has 3 heteroatoms. The van der Waals surface area contributed by atoms with Crippen molar-refractivity contribution in [2.75, 3.05) is 0 Å². The number of hydrogen-bond acceptors (Lipinski definition) is 2. The first-order valence-corrected chi connectivity index (χ1v) is 13.6. The van der Waals surface area contributed by atoms with Crippen LogP contribution < -0.4 is 0 Å². The summed E-state index contributed by atoms with van der Waals surface area (Å²) in [7, 11) is -1.28. The third-order valence-corrected chi connectivity index (χ3v) is 7.96. The van der Waals surface area contributed by atoms with Crippen LogP contribution in [0.25, 0.3) is 0 Å². The van der Waals surface area contributed by atoms with Crippen LogP contribution in [0.2, 0.25) is 19.6 Å². The predicted molar refractivity (Wildman–Crippen MR) is 100 cm³/mol. The molecule has 4 aliphatic rings. The minimum Gasteiger partial charge on any atom is -0.344 e. The summed E-state index contributed by atoms with van der Waals surface area (Å²) in [5, 5.41) is 0. The number of fused-ring (bicyclic) bond motifs is 2. The van der Waals surface area contributed by atoms with Gasteiger partial charge in [-0.05, 0) is 63.2 Å². The Labute approximate surface area is 149 Å². The van der Waals surface area contributed by atoms with Gasteiger partial charge in [0.25, 0.3) is 0 Å². The second-order valence-electron chi connectivity index (χ2n) is 10.0. The summed E-state index contributed by atoms with van der Waals surface area (Å²) in [5.41, 5.74) is 3.70. The van der Waals surface area contributed by atoms with Crippen LogP contribution >= 0.6 is 0 Å². The third-order valence-electron chi connectivity index (χ3n) is 7.07. The van der Waals surface area contributed by atoms with Crippen molar-refractivity contribution in [2.24, 2.45) is 29.6 Å². The molecule has 1 aliphatic heterocycles. The Morgan fingerprint density at radius 1 is 0.917 bits per heavy atom. The van der Waals surface area contributed by atoms with Gasteiger partial charge in [0, 0.05) is 18.8 Å². The lowest BCUT2D eigenvalue weighted by Gasteiger charge is -2.33. The van der Waals surface area contributed by atoms with Gasteiger partial charge in [0.1, 0.15) is 8.07 Å². The predicted octanol–water partition coefficient (Wildman–Crippen LogP) is 4.85. The molecule has 3 aliphatic carbocycles. The molecule has 2 nitrogen and oxygen atoms in total. The lowest BCUT2D eigenvalue weighted by atomic mass is 9.72. The maximum atomic E-state index is 6.29. The zero-order valence-electron chi connectivity index (χ0n) is 16.1. The highest BCUT2D eigenvalue weighted by atomic mass is 28.3. The maximum Gasteiger partial charge on any atom is 0.169 e. The average Bonchev–Trinajstić information content (AvgIpc) is 3.21. The van der Waals surface area contributed by atoms with Gasteiger partial charge in [-0.1, -0.05) is 19.6 Å². The molecule has 0 aromatic rings. The molecule has 7 atom stereocenters. The van der Waals surface area contributed by atoms with Crippen LogP contribution in [-0.4, -0.2) is 26.1 Å². The van der Waals surface area contributed by atoms with Crippen LogP contribution in [0.15, 0.2) is 0 Å². The Balaban J connectivity index is 1.51. The fourth-order valence-corrected chi connectivity index (χ4v) is 6.58. The smallest absolute Gasteiger partial charge is 0.169 e. The zero-order valence-corrected chi connectivity index (χ0v) is 17.1. The molecule has 0 amide bonds. The summed E-state index contributed by atoms with van der Waals surface area (Å²) in [4.78, 5) is 0. The van der Waals surface area contributed by atoms with E-state index >= 15 is 0 Å². The Morgan fingerprint density at radius 3 is 2.25 bits per heavy atom. The molecular formula is C21H34O2Si. The van der Waals surface area contributed by atoms with Gasteiger partial charge < -0.3 is 9.47 Å². The van der Waals surface area contributed by atoms with E-state index in [0.29, 0.717) is 5.92 Å². The second-order valence-corrected chi connectivity index (χ2v) is 14.8. The Hall–Kier alpha value is -0.303. The molecule has 1 saturated heterocycles. The molecule has 0 N–H and O–H groups in total. The molecule has 0 aromatic heterocycles. The van der Waals surface area contributed by atoms with E-state index in [2.05, 4.69) is 45.0 Å². The monoisotopic (exact) mass is 346 g/mol. The van der Waals surface area contributed by atoms with E-state index in [1.165, 1.54) is 25.7 Å². The standard InChI is InChI=1S/C21H34O2Si/c1-14-15(2)23-21(22-14)10-8-18(13-21)20-17-7-6-16(12-17)19(20)9-11-24(3,4)5/h14-20H,6-8,10,12-13H2,1-5H3/t14-,15-,16+,17-,18+,19-,20-/m1/s1. The average molecular weight is 347 g/mol.